The third-order valence-electron chi connectivity index (χ3n) is 4.32. The minimum Gasteiger partial charge on any atom is -0.378 e. The lowest BCUT2D eigenvalue weighted by atomic mass is 10.1. The van der Waals surface area contributed by atoms with Crippen LogP contribution in [-0.4, -0.2) is 36.3 Å². The maximum absolute atomic E-state index is 12.1. The summed E-state index contributed by atoms with van der Waals surface area (Å²) in [5, 5.41) is 3.27. The molecule has 132 valence electrons. The zero-order valence-electron chi connectivity index (χ0n) is 14.3. The number of rotatable bonds is 4. The van der Waals surface area contributed by atoms with Crippen LogP contribution in [0.1, 0.15) is 0 Å². The first-order valence-corrected chi connectivity index (χ1v) is 8.65. The van der Waals surface area contributed by atoms with Gasteiger partial charge in [-0.15, -0.1) is 0 Å². The van der Waals surface area contributed by atoms with Crippen molar-refractivity contribution < 1.29 is 4.74 Å². The van der Waals surface area contributed by atoms with Crippen molar-refractivity contribution in [3.05, 3.63) is 71.0 Å². The van der Waals surface area contributed by atoms with E-state index in [9.17, 15) is 4.79 Å². The molecule has 1 aliphatic rings. The Morgan fingerprint density at radius 2 is 1.73 bits per heavy atom. The fourth-order valence-corrected chi connectivity index (χ4v) is 3.06. The van der Waals surface area contributed by atoms with Gasteiger partial charge in [0.15, 0.2) is 0 Å². The highest BCUT2D eigenvalue weighted by Crippen LogP contribution is 2.28. The molecule has 1 aliphatic heterocycles. The Labute approximate surface area is 151 Å². The van der Waals surface area contributed by atoms with E-state index in [0.29, 0.717) is 24.9 Å². The first-order chi connectivity index (χ1) is 12.8. The monoisotopic (exact) mass is 348 g/mol. The molecule has 6 nitrogen and oxygen atoms in total. The summed E-state index contributed by atoms with van der Waals surface area (Å²) in [4.78, 5) is 21.7. The standard InChI is InChI=1S/C20H20N4O2/c25-19-14-17(15-6-2-1-3-7-15)22-20(23-19)21-16-8-4-5-9-18(16)24-10-12-26-13-11-24/h1-9,14H,10-13H2,(H2,21,22,23,25). The van der Waals surface area contributed by atoms with Gasteiger partial charge in [-0.3, -0.25) is 9.78 Å². The molecule has 6 heteroatoms. The summed E-state index contributed by atoms with van der Waals surface area (Å²) >= 11 is 0. The number of benzene rings is 2. The van der Waals surface area contributed by atoms with E-state index in [1.165, 1.54) is 6.07 Å². The molecule has 0 aliphatic carbocycles. The third-order valence-corrected chi connectivity index (χ3v) is 4.32. The Hall–Kier alpha value is -3.12. The lowest BCUT2D eigenvalue weighted by Crippen LogP contribution is -2.36. The van der Waals surface area contributed by atoms with Crippen LogP contribution in [0.4, 0.5) is 17.3 Å². The van der Waals surface area contributed by atoms with Gasteiger partial charge in [0.1, 0.15) is 0 Å². The second kappa shape index (κ2) is 7.41. The van der Waals surface area contributed by atoms with E-state index >= 15 is 0 Å². The van der Waals surface area contributed by atoms with E-state index in [4.69, 9.17) is 4.74 Å². The van der Waals surface area contributed by atoms with Crippen molar-refractivity contribution in [1.29, 1.82) is 0 Å². The second-order valence-corrected chi connectivity index (χ2v) is 6.09. The molecule has 2 aromatic carbocycles. The maximum Gasteiger partial charge on any atom is 0.252 e. The summed E-state index contributed by atoms with van der Waals surface area (Å²) in [5.74, 6) is 0.428. The SMILES string of the molecule is O=c1cc(-c2ccccc2)nc(Nc2ccccc2N2CCOCC2)[nH]1. The molecule has 1 fully saturated rings. The van der Waals surface area contributed by atoms with Gasteiger partial charge in [0.2, 0.25) is 5.95 Å². The van der Waals surface area contributed by atoms with Crippen LogP contribution in [-0.2, 0) is 4.74 Å². The number of anilines is 3. The predicted octanol–water partition coefficient (Wildman–Crippen LogP) is 3.02. The van der Waals surface area contributed by atoms with E-state index in [2.05, 4.69) is 26.3 Å². The van der Waals surface area contributed by atoms with Crippen LogP contribution < -0.4 is 15.8 Å². The van der Waals surface area contributed by atoms with E-state index in [1.807, 2.05) is 48.5 Å². The number of H-pyrrole nitrogens is 1. The van der Waals surface area contributed by atoms with Gasteiger partial charge in [-0.2, -0.15) is 0 Å². The number of para-hydroxylation sites is 2. The fourth-order valence-electron chi connectivity index (χ4n) is 3.06. The number of nitrogens with one attached hydrogen (secondary N) is 2. The second-order valence-electron chi connectivity index (χ2n) is 6.09. The highest BCUT2D eigenvalue weighted by Gasteiger charge is 2.15. The molecular formula is C20H20N4O2. The number of aromatic amines is 1. The van der Waals surface area contributed by atoms with Crippen molar-refractivity contribution in [2.24, 2.45) is 0 Å². The molecule has 4 rings (SSSR count). The fraction of sp³-hybridized carbons (Fsp3) is 0.200. The van der Waals surface area contributed by atoms with Gasteiger partial charge in [-0.05, 0) is 12.1 Å². The minimum absolute atomic E-state index is 0.190. The predicted molar refractivity (Wildman–Crippen MR) is 103 cm³/mol. The van der Waals surface area contributed by atoms with Crippen LogP contribution in [0, 0.1) is 0 Å². The van der Waals surface area contributed by atoms with E-state index in [1.54, 1.807) is 0 Å². The molecule has 0 bridgehead atoms. The number of nitrogens with zero attached hydrogens (tertiary/aromatic N) is 2. The number of ether oxygens (including phenoxy) is 1. The Bertz CT molecular complexity index is 934. The van der Waals surface area contributed by atoms with Gasteiger partial charge in [-0.25, -0.2) is 4.98 Å². The maximum atomic E-state index is 12.1. The Balaban J connectivity index is 1.66. The average Bonchev–Trinajstić information content (AvgIpc) is 2.69. The first-order valence-electron chi connectivity index (χ1n) is 8.65. The third kappa shape index (κ3) is 3.60. The van der Waals surface area contributed by atoms with Crippen LogP contribution in [0.15, 0.2) is 65.5 Å². The summed E-state index contributed by atoms with van der Waals surface area (Å²) in [7, 11) is 0. The van der Waals surface area contributed by atoms with E-state index in [0.717, 1.165) is 30.0 Å². The quantitative estimate of drug-likeness (QED) is 0.758. The largest absolute Gasteiger partial charge is 0.378 e. The highest BCUT2D eigenvalue weighted by molar-refractivity contribution is 5.74. The summed E-state index contributed by atoms with van der Waals surface area (Å²) in [6.07, 6.45) is 0. The van der Waals surface area contributed by atoms with Crippen LogP contribution in [0.3, 0.4) is 0 Å². The summed E-state index contributed by atoms with van der Waals surface area (Å²) in [6.45, 7) is 3.11. The van der Waals surface area contributed by atoms with Gasteiger partial charge in [0.05, 0.1) is 30.3 Å². The Morgan fingerprint density at radius 3 is 2.54 bits per heavy atom. The van der Waals surface area contributed by atoms with Gasteiger partial charge in [0, 0.05) is 24.7 Å². The Morgan fingerprint density at radius 1 is 1.00 bits per heavy atom. The van der Waals surface area contributed by atoms with Crippen LogP contribution in [0.2, 0.25) is 0 Å². The molecule has 0 spiro atoms. The number of hydrogen-bond acceptors (Lipinski definition) is 5. The van der Waals surface area contributed by atoms with Crippen LogP contribution in [0.25, 0.3) is 11.3 Å². The number of hydrogen-bond donors (Lipinski definition) is 2. The molecule has 0 unspecified atom stereocenters. The first kappa shape index (κ1) is 16.4. The molecule has 0 amide bonds. The normalized spacial score (nSPS) is 14.2. The van der Waals surface area contributed by atoms with Gasteiger partial charge in [-0.1, -0.05) is 42.5 Å². The molecular weight excluding hydrogens is 328 g/mol. The smallest absolute Gasteiger partial charge is 0.252 e. The van der Waals surface area contributed by atoms with E-state index < -0.39 is 0 Å². The van der Waals surface area contributed by atoms with Crippen LogP contribution in [0.5, 0.6) is 0 Å². The van der Waals surface area contributed by atoms with Crippen molar-refractivity contribution >= 4 is 17.3 Å². The molecule has 0 radical (unpaired) electrons. The zero-order valence-corrected chi connectivity index (χ0v) is 14.3. The molecule has 3 aromatic rings. The summed E-state index contributed by atoms with van der Waals surface area (Å²) in [5.41, 5.74) is 3.33. The molecule has 1 saturated heterocycles. The Kier molecular flexibility index (Phi) is 4.66. The van der Waals surface area contributed by atoms with Crippen molar-refractivity contribution in [2.75, 3.05) is 36.5 Å². The average molecular weight is 348 g/mol. The number of aromatic nitrogens is 2. The minimum atomic E-state index is -0.190. The molecule has 0 saturated carbocycles. The van der Waals surface area contributed by atoms with Crippen molar-refractivity contribution in [1.82, 2.24) is 9.97 Å². The summed E-state index contributed by atoms with van der Waals surface area (Å²) < 4.78 is 5.44. The van der Waals surface area contributed by atoms with Gasteiger partial charge in [0.25, 0.3) is 5.56 Å². The summed E-state index contributed by atoms with van der Waals surface area (Å²) in [6, 6.07) is 19.2. The highest BCUT2D eigenvalue weighted by atomic mass is 16.5. The van der Waals surface area contributed by atoms with Gasteiger partial charge >= 0.3 is 0 Å². The lowest BCUT2D eigenvalue weighted by Gasteiger charge is -2.30. The molecule has 26 heavy (non-hydrogen) atoms. The number of morpholine rings is 1. The van der Waals surface area contributed by atoms with E-state index in [-0.39, 0.29) is 5.56 Å². The van der Waals surface area contributed by atoms with Crippen molar-refractivity contribution in [2.45, 2.75) is 0 Å². The molecule has 2 heterocycles. The molecule has 2 N–H and O–H groups in total. The molecule has 0 atom stereocenters. The molecule has 1 aromatic heterocycles. The van der Waals surface area contributed by atoms with Crippen molar-refractivity contribution in [3.63, 3.8) is 0 Å². The lowest BCUT2D eigenvalue weighted by molar-refractivity contribution is 0.123. The van der Waals surface area contributed by atoms with Crippen molar-refractivity contribution in [3.8, 4) is 11.3 Å². The van der Waals surface area contributed by atoms with Gasteiger partial charge < -0.3 is 15.0 Å². The zero-order chi connectivity index (χ0) is 17.8. The topological polar surface area (TPSA) is 70.2 Å². The van der Waals surface area contributed by atoms with Crippen LogP contribution >= 0.6 is 0 Å².